The number of ether oxygens (including phenoxy) is 1. The summed E-state index contributed by atoms with van der Waals surface area (Å²) in [5.41, 5.74) is 2.87. The fraction of sp³-hybridized carbons (Fsp3) is 0.435. The van der Waals surface area contributed by atoms with Gasteiger partial charge in [-0.2, -0.15) is 0 Å². The second-order valence-corrected chi connectivity index (χ2v) is 10.7. The molecule has 0 aliphatic heterocycles. The van der Waals surface area contributed by atoms with E-state index in [1.165, 1.54) is 22.0 Å². The Labute approximate surface area is 205 Å². The lowest BCUT2D eigenvalue weighted by molar-refractivity contribution is -0.134. The Bertz CT molecular complexity index is 1350. The second kappa shape index (κ2) is 9.40. The van der Waals surface area contributed by atoms with Gasteiger partial charge in [-0.05, 0) is 56.5 Å². The van der Waals surface area contributed by atoms with E-state index < -0.39 is 0 Å². The molecule has 1 unspecified atom stereocenters. The molecule has 0 saturated carbocycles. The Hall–Kier alpha value is -2.89. The van der Waals surface area contributed by atoms with Crippen LogP contribution in [0.1, 0.15) is 16.9 Å². The topological polar surface area (TPSA) is 96.4 Å². The summed E-state index contributed by atoms with van der Waals surface area (Å²) in [6, 6.07) is 3.87. The number of aryl methyl sites for hydroxylation is 1. The van der Waals surface area contributed by atoms with Crippen LogP contribution < -0.4 is 10.1 Å². The number of fused-ring (bicyclic) bond motifs is 4. The molecule has 1 aromatic carbocycles. The van der Waals surface area contributed by atoms with Gasteiger partial charge in [-0.1, -0.05) is 4.49 Å². The number of rotatable bonds is 7. The zero-order valence-electron chi connectivity index (χ0n) is 19.7. The highest BCUT2D eigenvalue weighted by Gasteiger charge is 2.30. The second-order valence-electron chi connectivity index (χ2n) is 8.83. The summed E-state index contributed by atoms with van der Waals surface area (Å²) in [5, 5.41) is 8.64. The predicted octanol–water partition coefficient (Wildman–Crippen LogP) is 3.57. The van der Waals surface area contributed by atoms with Crippen molar-refractivity contribution < 1.29 is 9.53 Å². The molecule has 4 aromatic rings. The first-order valence-electron chi connectivity index (χ1n) is 11.2. The van der Waals surface area contributed by atoms with Gasteiger partial charge in [0.15, 0.2) is 0 Å². The minimum atomic E-state index is 0.0124. The average molecular weight is 498 g/mol. The summed E-state index contributed by atoms with van der Waals surface area (Å²) in [6.07, 6.45) is 4.01. The fourth-order valence-electron chi connectivity index (χ4n) is 4.39. The predicted molar refractivity (Wildman–Crippen MR) is 136 cm³/mol. The van der Waals surface area contributed by atoms with Gasteiger partial charge in [0, 0.05) is 37.0 Å². The highest BCUT2D eigenvalue weighted by atomic mass is 32.1. The van der Waals surface area contributed by atoms with Gasteiger partial charge in [0.1, 0.15) is 28.2 Å². The van der Waals surface area contributed by atoms with Crippen molar-refractivity contribution in [3.63, 3.8) is 0 Å². The van der Waals surface area contributed by atoms with E-state index in [2.05, 4.69) is 29.8 Å². The van der Waals surface area contributed by atoms with Crippen LogP contribution in [0.5, 0.6) is 5.75 Å². The van der Waals surface area contributed by atoms with Gasteiger partial charge in [0.25, 0.3) is 0 Å². The Kier molecular flexibility index (Phi) is 6.32. The minimum absolute atomic E-state index is 0.0124. The molecule has 9 nitrogen and oxygen atoms in total. The molecule has 0 fully saturated rings. The normalized spacial score (nSPS) is 15.6. The number of aromatic nitrogens is 4. The lowest BCUT2D eigenvalue weighted by atomic mass is 9.87. The van der Waals surface area contributed by atoms with Gasteiger partial charge >= 0.3 is 0 Å². The van der Waals surface area contributed by atoms with Crippen LogP contribution in [0.2, 0.25) is 0 Å². The third kappa shape index (κ3) is 4.30. The highest BCUT2D eigenvalue weighted by Crippen LogP contribution is 2.42. The molecule has 11 heteroatoms. The van der Waals surface area contributed by atoms with Crippen molar-refractivity contribution in [3.05, 3.63) is 28.9 Å². The molecule has 34 heavy (non-hydrogen) atoms. The SMILES string of the molecule is COc1cc2nnsc2cc1Nc1ncnc2sc3c(c12)CCC(C(=O)N(C)CCN(C)C)C3. The number of benzene rings is 1. The van der Waals surface area contributed by atoms with Crippen molar-refractivity contribution in [2.45, 2.75) is 19.3 Å². The maximum absolute atomic E-state index is 13.0. The smallest absolute Gasteiger partial charge is 0.225 e. The van der Waals surface area contributed by atoms with Gasteiger partial charge in [0.2, 0.25) is 5.91 Å². The van der Waals surface area contributed by atoms with Gasteiger partial charge in [-0.3, -0.25) is 4.79 Å². The van der Waals surface area contributed by atoms with Crippen LogP contribution >= 0.6 is 22.9 Å². The van der Waals surface area contributed by atoms with E-state index in [0.717, 1.165) is 64.3 Å². The Morgan fingerprint density at radius 2 is 2.09 bits per heavy atom. The van der Waals surface area contributed by atoms with Crippen molar-refractivity contribution in [2.24, 2.45) is 5.92 Å². The van der Waals surface area contributed by atoms with Crippen LogP contribution in [-0.4, -0.2) is 76.6 Å². The van der Waals surface area contributed by atoms with Gasteiger partial charge < -0.3 is 19.9 Å². The first kappa shape index (κ1) is 22.9. The quantitative estimate of drug-likeness (QED) is 0.414. The molecule has 3 aromatic heterocycles. The van der Waals surface area contributed by atoms with E-state index in [1.54, 1.807) is 24.8 Å². The molecule has 1 atom stereocenters. The number of carbonyl (C=O) groups excluding carboxylic acids is 1. The lowest BCUT2D eigenvalue weighted by Gasteiger charge is -2.27. The Balaban J connectivity index is 1.43. The highest BCUT2D eigenvalue weighted by molar-refractivity contribution is 7.19. The molecular weight excluding hydrogens is 470 g/mol. The Morgan fingerprint density at radius 1 is 1.24 bits per heavy atom. The van der Waals surface area contributed by atoms with Crippen LogP contribution in [0.25, 0.3) is 20.4 Å². The Morgan fingerprint density at radius 3 is 2.88 bits per heavy atom. The summed E-state index contributed by atoms with van der Waals surface area (Å²) < 4.78 is 10.6. The number of hydrogen-bond donors (Lipinski definition) is 1. The number of nitrogens with zero attached hydrogens (tertiary/aromatic N) is 6. The number of carbonyl (C=O) groups is 1. The van der Waals surface area contributed by atoms with Crippen LogP contribution in [-0.2, 0) is 17.6 Å². The fourth-order valence-corrected chi connectivity index (χ4v) is 6.24. The average Bonchev–Trinajstić information content (AvgIpc) is 3.45. The van der Waals surface area contributed by atoms with Crippen LogP contribution in [0, 0.1) is 5.92 Å². The monoisotopic (exact) mass is 497 g/mol. The van der Waals surface area contributed by atoms with Crippen LogP contribution in [0.15, 0.2) is 18.5 Å². The number of methoxy groups -OCH3 is 1. The molecule has 0 bridgehead atoms. The molecule has 178 valence electrons. The molecule has 5 rings (SSSR count). The van der Waals surface area contributed by atoms with E-state index in [1.807, 2.05) is 38.2 Å². The van der Waals surface area contributed by atoms with Crippen molar-refractivity contribution >= 4 is 60.7 Å². The van der Waals surface area contributed by atoms with Gasteiger partial charge in [-0.25, -0.2) is 9.97 Å². The molecule has 0 spiro atoms. The molecule has 1 aliphatic carbocycles. The van der Waals surface area contributed by atoms with Crippen LogP contribution in [0.4, 0.5) is 11.5 Å². The van der Waals surface area contributed by atoms with E-state index in [-0.39, 0.29) is 11.8 Å². The summed E-state index contributed by atoms with van der Waals surface area (Å²) in [6.45, 7) is 1.60. The lowest BCUT2D eigenvalue weighted by Crippen LogP contribution is -2.39. The number of anilines is 2. The standard InChI is InChI=1S/C23H27N7O2S2/c1-29(2)7-8-30(3)23(31)13-5-6-14-18(9-13)33-22-20(14)21(24-12-25-22)26-15-11-19-16(27-28-34-19)10-17(15)32-4/h10-13H,5-9H2,1-4H3,(H,24,25,26). The summed E-state index contributed by atoms with van der Waals surface area (Å²) in [5.74, 6) is 1.68. The van der Waals surface area contributed by atoms with Crippen molar-refractivity contribution in [1.29, 1.82) is 0 Å². The first-order valence-corrected chi connectivity index (χ1v) is 12.8. The van der Waals surface area contributed by atoms with Crippen molar-refractivity contribution in [3.8, 4) is 5.75 Å². The molecular formula is C23H27N7O2S2. The maximum Gasteiger partial charge on any atom is 0.225 e. The van der Waals surface area contributed by atoms with Crippen molar-refractivity contribution in [1.82, 2.24) is 29.4 Å². The minimum Gasteiger partial charge on any atom is -0.494 e. The van der Waals surface area contributed by atoms with Gasteiger partial charge in [-0.15, -0.1) is 16.4 Å². The number of thiophene rings is 1. The molecule has 1 N–H and O–H groups in total. The maximum atomic E-state index is 13.0. The largest absolute Gasteiger partial charge is 0.494 e. The van der Waals surface area contributed by atoms with E-state index in [9.17, 15) is 4.79 Å². The molecule has 3 heterocycles. The zero-order chi connectivity index (χ0) is 23.8. The van der Waals surface area contributed by atoms with E-state index >= 15 is 0 Å². The molecule has 1 aliphatic rings. The number of nitrogens with one attached hydrogen (secondary N) is 1. The number of amides is 1. The number of hydrogen-bond acceptors (Lipinski definition) is 10. The van der Waals surface area contributed by atoms with Crippen LogP contribution in [0.3, 0.4) is 0 Å². The third-order valence-corrected chi connectivity index (χ3v) is 8.12. The summed E-state index contributed by atoms with van der Waals surface area (Å²) in [7, 11) is 7.59. The molecule has 0 radical (unpaired) electrons. The number of likely N-dealkylation sites (N-methyl/N-ethyl adjacent to an activating group) is 2. The molecule has 1 amide bonds. The van der Waals surface area contributed by atoms with E-state index in [0.29, 0.717) is 5.75 Å². The summed E-state index contributed by atoms with van der Waals surface area (Å²) >= 11 is 3.01. The third-order valence-electron chi connectivity index (χ3n) is 6.28. The molecule has 0 saturated heterocycles. The van der Waals surface area contributed by atoms with Gasteiger partial charge in [0.05, 0.1) is 22.9 Å². The first-order chi connectivity index (χ1) is 16.4. The summed E-state index contributed by atoms with van der Waals surface area (Å²) in [4.78, 5) is 28.3. The van der Waals surface area contributed by atoms with E-state index in [4.69, 9.17) is 4.74 Å². The zero-order valence-corrected chi connectivity index (χ0v) is 21.3. The van der Waals surface area contributed by atoms with Crippen molar-refractivity contribution in [2.75, 3.05) is 46.7 Å².